The van der Waals surface area contributed by atoms with E-state index in [0.717, 1.165) is 10.5 Å². The van der Waals surface area contributed by atoms with E-state index in [0.29, 0.717) is 6.42 Å². The topological polar surface area (TPSA) is 37.4 Å². The SMILES string of the molecule is CC.CC.CC1=CCN(C(=O)C(=O)C(F)(F)F)CC1. The van der Waals surface area contributed by atoms with Crippen LogP contribution in [0.5, 0.6) is 0 Å². The number of ketones is 1. The molecule has 0 unspecified atom stereocenters. The smallest absolute Gasteiger partial charge is 0.332 e. The number of carbonyl (C=O) groups excluding carboxylic acids is 2. The summed E-state index contributed by atoms with van der Waals surface area (Å²) in [5.74, 6) is -3.76. The fourth-order valence-corrected chi connectivity index (χ4v) is 1.22. The minimum atomic E-state index is -5.08. The molecular weight excluding hydrogens is 259 g/mol. The van der Waals surface area contributed by atoms with Gasteiger partial charge in [-0.05, 0) is 13.3 Å². The molecule has 0 N–H and O–H groups in total. The number of Topliss-reactive ketones (excluding diaryl/α,β-unsaturated/α-hetero) is 1. The lowest BCUT2D eigenvalue weighted by Crippen LogP contribution is -2.44. The first-order chi connectivity index (χ1) is 8.82. The monoisotopic (exact) mass is 281 g/mol. The maximum absolute atomic E-state index is 11.9. The lowest BCUT2D eigenvalue weighted by molar-refractivity contribution is -0.178. The van der Waals surface area contributed by atoms with Gasteiger partial charge in [0.15, 0.2) is 0 Å². The summed E-state index contributed by atoms with van der Waals surface area (Å²) < 4.78 is 35.8. The lowest BCUT2D eigenvalue weighted by atomic mass is 10.1. The second-order valence-electron chi connectivity index (χ2n) is 3.38. The molecule has 0 saturated heterocycles. The van der Waals surface area contributed by atoms with Crippen molar-refractivity contribution in [2.24, 2.45) is 0 Å². The summed E-state index contributed by atoms with van der Waals surface area (Å²) in [7, 11) is 0. The van der Waals surface area contributed by atoms with Crippen molar-refractivity contribution in [1.29, 1.82) is 0 Å². The van der Waals surface area contributed by atoms with Crippen LogP contribution in [0.25, 0.3) is 0 Å². The molecule has 1 aliphatic rings. The van der Waals surface area contributed by atoms with E-state index in [2.05, 4.69) is 0 Å². The van der Waals surface area contributed by atoms with E-state index in [-0.39, 0.29) is 13.1 Å². The van der Waals surface area contributed by atoms with Crippen LogP contribution < -0.4 is 0 Å². The molecule has 0 aromatic heterocycles. The van der Waals surface area contributed by atoms with Crippen LogP contribution in [-0.4, -0.2) is 35.9 Å². The van der Waals surface area contributed by atoms with E-state index >= 15 is 0 Å². The lowest BCUT2D eigenvalue weighted by Gasteiger charge is -2.24. The highest BCUT2D eigenvalue weighted by Gasteiger charge is 2.45. The molecule has 0 aromatic carbocycles. The Morgan fingerprint density at radius 1 is 1.16 bits per heavy atom. The molecule has 0 radical (unpaired) electrons. The predicted octanol–water partition coefficient (Wildman–Crippen LogP) is 3.35. The summed E-state index contributed by atoms with van der Waals surface area (Å²) >= 11 is 0. The molecular formula is C13H22F3NO2. The summed E-state index contributed by atoms with van der Waals surface area (Å²) in [6.45, 7) is 10.1. The van der Waals surface area contributed by atoms with Crippen LogP contribution in [-0.2, 0) is 9.59 Å². The zero-order valence-corrected chi connectivity index (χ0v) is 12.1. The maximum Gasteiger partial charge on any atom is 0.460 e. The first kappa shape index (κ1) is 20.0. The van der Waals surface area contributed by atoms with Crippen LogP contribution >= 0.6 is 0 Å². The predicted molar refractivity (Wildman–Crippen MR) is 68.7 cm³/mol. The molecule has 112 valence electrons. The summed E-state index contributed by atoms with van der Waals surface area (Å²) in [6, 6.07) is 0. The van der Waals surface area contributed by atoms with Crippen molar-refractivity contribution in [3.8, 4) is 0 Å². The van der Waals surface area contributed by atoms with Gasteiger partial charge in [-0.15, -0.1) is 0 Å². The standard InChI is InChI=1S/C9H10F3NO2.2C2H6/c1-6-2-4-13(5-3-6)8(15)7(14)9(10,11)12;2*1-2/h2H,3-5H2,1H3;2*1-2H3. The van der Waals surface area contributed by atoms with Crippen LogP contribution in [0.1, 0.15) is 41.0 Å². The number of alkyl halides is 3. The van der Waals surface area contributed by atoms with Crippen molar-refractivity contribution < 1.29 is 22.8 Å². The number of amides is 1. The Bertz CT molecular complexity index is 322. The van der Waals surface area contributed by atoms with E-state index in [1.807, 2.05) is 34.6 Å². The molecule has 0 spiro atoms. The Kier molecular flexibility index (Phi) is 10.1. The van der Waals surface area contributed by atoms with Gasteiger partial charge >= 0.3 is 12.0 Å². The Morgan fingerprint density at radius 2 is 1.63 bits per heavy atom. The quantitative estimate of drug-likeness (QED) is 0.546. The number of halogens is 3. The van der Waals surface area contributed by atoms with Crippen LogP contribution in [0.4, 0.5) is 13.2 Å². The number of hydrogen-bond donors (Lipinski definition) is 0. The number of nitrogens with zero attached hydrogens (tertiary/aromatic N) is 1. The zero-order valence-electron chi connectivity index (χ0n) is 12.1. The third-order valence-electron chi connectivity index (χ3n) is 2.18. The van der Waals surface area contributed by atoms with Crippen LogP contribution in [0.15, 0.2) is 11.6 Å². The molecule has 1 rings (SSSR count). The van der Waals surface area contributed by atoms with E-state index in [4.69, 9.17) is 0 Å². The van der Waals surface area contributed by atoms with Gasteiger partial charge in [-0.25, -0.2) is 0 Å². The molecule has 0 aliphatic carbocycles. The van der Waals surface area contributed by atoms with Crippen molar-refractivity contribution in [1.82, 2.24) is 4.90 Å². The number of hydrogen-bond acceptors (Lipinski definition) is 2. The highest BCUT2D eigenvalue weighted by Crippen LogP contribution is 2.18. The summed E-state index contributed by atoms with van der Waals surface area (Å²) in [4.78, 5) is 22.6. The molecule has 0 bridgehead atoms. The van der Waals surface area contributed by atoms with Crippen molar-refractivity contribution >= 4 is 11.7 Å². The fraction of sp³-hybridized carbons (Fsp3) is 0.692. The maximum atomic E-state index is 11.9. The summed E-state index contributed by atoms with van der Waals surface area (Å²) in [5.41, 5.74) is 1.01. The van der Waals surface area contributed by atoms with E-state index in [1.54, 1.807) is 6.08 Å². The molecule has 1 heterocycles. The van der Waals surface area contributed by atoms with Crippen LogP contribution in [0.2, 0.25) is 0 Å². The molecule has 3 nitrogen and oxygen atoms in total. The second-order valence-corrected chi connectivity index (χ2v) is 3.38. The van der Waals surface area contributed by atoms with Gasteiger partial charge in [-0.2, -0.15) is 13.2 Å². The summed E-state index contributed by atoms with van der Waals surface area (Å²) in [5, 5.41) is 0. The van der Waals surface area contributed by atoms with Gasteiger partial charge in [0.2, 0.25) is 0 Å². The van der Waals surface area contributed by atoms with Crippen LogP contribution in [0, 0.1) is 0 Å². The summed E-state index contributed by atoms with van der Waals surface area (Å²) in [6.07, 6.45) is -2.92. The van der Waals surface area contributed by atoms with Gasteiger partial charge in [-0.1, -0.05) is 39.3 Å². The van der Waals surface area contributed by atoms with Crippen molar-refractivity contribution in [2.75, 3.05) is 13.1 Å². The van der Waals surface area contributed by atoms with Crippen molar-refractivity contribution in [3.05, 3.63) is 11.6 Å². The third kappa shape index (κ3) is 6.98. The van der Waals surface area contributed by atoms with Crippen molar-refractivity contribution in [3.63, 3.8) is 0 Å². The Balaban J connectivity index is 0. The average Bonchev–Trinajstić information content (AvgIpc) is 2.41. The van der Waals surface area contributed by atoms with Crippen molar-refractivity contribution in [2.45, 2.75) is 47.2 Å². The van der Waals surface area contributed by atoms with Gasteiger partial charge in [0, 0.05) is 13.1 Å². The molecule has 0 aromatic rings. The van der Waals surface area contributed by atoms with E-state index in [1.165, 1.54) is 0 Å². The van der Waals surface area contributed by atoms with E-state index < -0.39 is 17.9 Å². The first-order valence-corrected chi connectivity index (χ1v) is 6.38. The first-order valence-electron chi connectivity index (χ1n) is 6.38. The molecule has 0 saturated carbocycles. The molecule has 6 heteroatoms. The largest absolute Gasteiger partial charge is 0.460 e. The zero-order chi connectivity index (χ0) is 15.6. The van der Waals surface area contributed by atoms with Gasteiger partial charge < -0.3 is 4.90 Å². The van der Waals surface area contributed by atoms with E-state index in [9.17, 15) is 22.8 Å². The highest BCUT2D eigenvalue weighted by atomic mass is 19.4. The highest BCUT2D eigenvalue weighted by molar-refractivity contribution is 6.38. The number of carbonyl (C=O) groups is 2. The Morgan fingerprint density at radius 3 is 1.95 bits per heavy atom. The normalized spacial score (nSPS) is 14.3. The third-order valence-corrected chi connectivity index (χ3v) is 2.18. The Labute approximate surface area is 112 Å². The van der Waals surface area contributed by atoms with Gasteiger partial charge in [0.25, 0.3) is 5.91 Å². The Hall–Kier alpha value is -1.33. The van der Waals surface area contributed by atoms with Gasteiger partial charge in [-0.3, -0.25) is 9.59 Å². The molecule has 0 atom stereocenters. The minimum absolute atomic E-state index is 0.0759. The minimum Gasteiger partial charge on any atom is -0.332 e. The molecule has 1 amide bonds. The van der Waals surface area contributed by atoms with Gasteiger partial charge in [0.1, 0.15) is 0 Å². The molecule has 19 heavy (non-hydrogen) atoms. The molecule has 1 aliphatic heterocycles. The average molecular weight is 281 g/mol. The second kappa shape index (κ2) is 9.58. The van der Waals surface area contributed by atoms with Crippen LogP contribution in [0.3, 0.4) is 0 Å². The van der Waals surface area contributed by atoms with Gasteiger partial charge in [0.05, 0.1) is 0 Å². The molecule has 0 fully saturated rings. The fourth-order valence-electron chi connectivity index (χ4n) is 1.22. The number of rotatable bonds is 1.